The van der Waals surface area contributed by atoms with Crippen LogP contribution in [0.4, 0.5) is 10.2 Å². The number of anilines is 1. The molecule has 0 amide bonds. The summed E-state index contributed by atoms with van der Waals surface area (Å²) >= 11 is 5.63. The van der Waals surface area contributed by atoms with Crippen LogP contribution < -0.4 is 11.1 Å². The lowest BCUT2D eigenvalue weighted by molar-refractivity contribution is 0.440. The zero-order valence-electron chi connectivity index (χ0n) is 9.56. The van der Waals surface area contributed by atoms with E-state index in [1.165, 1.54) is 12.3 Å². The number of hydrogen-bond acceptors (Lipinski definition) is 3. The van der Waals surface area contributed by atoms with Crippen LogP contribution in [0.5, 0.6) is 0 Å². The molecule has 0 atom stereocenters. The summed E-state index contributed by atoms with van der Waals surface area (Å²) in [7, 11) is 0. The van der Waals surface area contributed by atoms with Crippen LogP contribution >= 0.6 is 11.6 Å². The summed E-state index contributed by atoms with van der Waals surface area (Å²) in [6.07, 6.45) is 3.03. The van der Waals surface area contributed by atoms with Gasteiger partial charge in [-0.25, -0.2) is 9.37 Å². The van der Waals surface area contributed by atoms with Crippen molar-refractivity contribution >= 4 is 17.4 Å². The average molecular weight is 246 g/mol. The molecule has 1 aromatic heterocycles. The molecule has 0 aliphatic heterocycles. The van der Waals surface area contributed by atoms with Crippen molar-refractivity contribution in [3.8, 4) is 0 Å². The van der Waals surface area contributed by atoms with E-state index in [9.17, 15) is 4.39 Å². The normalized spacial score (nSPS) is 11.6. The van der Waals surface area contributed by atoms with Crippen molar-refractivity contribution in [2.45, 2.75) is 32.2 Å². The van der Waals surface area contributed by atoms with Gasteiger partial charge in [-0.1, -0.05) is 25.4 Å². The number of nitrogens with two attached hydrogens (primary N) is 1. The number of nitrogens with zero attached hydrogens (tertiary/aromatic N) is 1. The van der Waals surface area contributed by atoms with Crippen molar-refractivity contribution in [2.75, 3.05) is 11.9 Å². The molecular formula is C11H17ClFN3. The van der Waals surface area contributed by atoms with Gasteiger partial charge in [-0.15, -0.1) is 0 Å². The second kappa shape index (κ2) is 5.46. The minimum absolute atomic E-state index is 0.207. The molecule has 1 heterocycles. The SMILES string of the molecule is CCC(CC)(CN)Nc1ncc(Cl)cc1F. The van der Waals surface area contributed by atoms with Crippen LogP contribution in [0, 0.1) is 5.82 Å². The van der Waals surface area contributed by atoms with Crippen LogP contribution in [-0.4, -0.2) is 17.1 Å². The topological polar surface area (TPSA) is 50.9 Å². The van der Waals surface area contributed by atoms with Crippen LogP contribution in [-0.2, 0) is 0 Å². The fourth-order valence-corrected chi connectivity index (χ4v) is 1.67. The zero-order chi connectivity index (χ0) is 12.2. The van der Waals surface area contributed by atoms with E-state index in [2.05, 4.69) is 10.3 Å². The molecule has 0 saturated carbocycles. The van der Waals surface area contributed by atoms with Crippen LogP contribution in [0.25, 0.3) is 0 Å². The molecule has 0 aromatic carbocycles. The molecule has 1 aromatic rings. The third-order valence-electron chi connectivity index (χ3n) is 2.94. The Morgan fingerprint density at radius 3 is 2.56 bits per heavy atom. The highest BCUT2D eigenvalue weighted by molar-refractivity contribution is 6.30. The van der Waals surface area contributed by atoms with Crippen molar-refractivity contribution in [2.24, 2.45) is 5.73 Å². The van der Waals surface area contributed by atoms with Gasteiger partial charge in [0.05, 0.1) is 10.6 Å². The first-order valence-electron chi connectivity index (χ1n) is 5.36. The van der Waals surface area contributed by atoms with Gasteiger partial charge in [-0.3, -0.25) is 0 Å². The fourth-order valence-electron chi connectivity index (χ4n) is 1.52. The summed E-state index contributed by atoms with van der Waals surface area (Å²) in [5, 5.41) is 3.35. The third kappa shape index (κ3) is 2.83. The molecular weight excluding hydrogens is 229 g/mol. The Hall–Kier alpha value is -0.870. The summed E-state index contributed by atoms with van der Waals surface area (Å²) in [4.78, 5) is 3.93. The molecule has 0 aliphatic carbocycles. The van der Waals surface area contributed by atoms with Gasteiger partial charge in [0.15, 0.2) is 11.6 Å². The maximum atomic E-state index is 13.5. The molecule has 3 nitrogen and oxygen atoms in total. The predicted molar refractivity (Wildman–Crippen MR) is 65.2 cm³/mol. The van der Waals surface area contributed by atoms with E-state index in [0.29, 0.717) is 6.54 Å². The monoisotopic (exact) mass is 245 g/mol. The average Bonchev–Trinajstić information content (AvgIpc) is 2.29. The maximum absolute atomic E-state index is 13.5. The minimum atomic E-state index is -0.452. The highest BCUT2D eigenvalue weighted by atomic mass is 35.5. The molecule has 0 aliphatic rings. The van der Waals surface area contributed by atoms with E-state index < -0.39 is 5.82 Å². The van der Waals surface area contributed by atoms with E-state index in [1.807, 2.05) is 13.8 Å². The maximum Gasteiger partial charge on any atom is 0.166 e. The standard InChI is InChI=1S/C11H17ClFN3/c1-3-11(4-2,7-14)16-10-9(13)5-8(12)6-15-10/h5-6H,3-4,7,14H2,1-2H3,(H,15,16). The van der Waals surface area contributed by atoms with Crippen molar-refractivity contribution in [3.63, 3.8) is 0 Å². The molecule has 90 valence electrons. The first-order valence-corrected chi connectivity index (χ1v) is 5.74. The van der Waals surface area contributed by atoms with Gasteiger partial charge >= 0.3 is 0 Å². The smallest absolute Gasteiger partial charge is 0.166 e. The van der Waals surface area contributed by atoms with Gasteiger partial charge < -0.3 is 11.1 Å². The molecule has 0 saturated heterocycles. The van der Waals surface area contributed by atoms with Gasteiger partial charge in [0, 0.05) is 12.7 Å². The van der Waals surface area contributed by atoms with E-state index in [0.717, 1.165) is 12.8 Å². The lowest BCUT2D eigenvalue weighted by Gasteiger charge is -2.32. The largest absolute Gasteiger partial charge is 0.361 e. The third-order valence-corrected chi connectivity index (χ3v) is 3.14. The molecule has 0 radical (unpaired) electrons. The first-order chi connectivity index (χ1) is 7.56. The molecule has 16 heavy (non-hydrogen) atoms. The highest BCUT2D eigenvalue weighted by Crippen LogP contribution is 2.23. The summed E-state index contributed by atoms with van der Waals surface area (Å²) in [5.41, 5.74) is 5.41. The Labute approximate surface area is 100 Å². The number of hydrogen-bond donors (Lipinski definition) is 2. The Morgan fingerprint density at radius 2 is 2.12 bits per heavy atom. The van der Waals surface area contributed by atoms with Crippen LogP contribution in [0.2, 0.25) is 5.02 Å². The van der Waals surface area contributed by atoms with Gasteiger partial charge in [-0.05, 0) is 18.9 Å². The second-order valence-electron chi connectivity index (χ2n) is 3.80. The summed E-state index contributed by atoms with van der Waals surface area (Å²) in [6, 6.07) is 1.24. The molecule has 5 heteroatoms. The molecule has 3 N–H and O–H groups in total. The second-order valence-corrected chi connectivity index (χ2v) is 4.24. The first kappa shape index (κ1) is 13.2. The van der Waals surface area contributed by atoms with E-state index in [4.69, 9.17) is 17.3 Å². The number of nitrogens with one attached hydrogen (secondary N) is 1. The minimum Gasteiger partial charge on any atom is -0.361 e. The highest BCUT2D eigenvalue weighted by Gasteiger charge is 2.25. The molecule has 0 fully saturated rings. The molecule has 1 rings (SSSR count). The van der Waals surface area contributed by atoms with Crippen molar-refractivity contribution < 1.29 is 4.39 Å². The summed E-state index contributed by atoms with van der Waals surface area (Å²) < 4.78 is 13.5. The number of rotatable bonds is 5. The fraction of sp³-hybridized carbons (Fsp3) is 0.545. The Morgan fingerprint density at radius 1 is 1.50 bits per heavy atom. The van der Waals surface area contributed by atoms with Crippen molar-refractivity contribution in [1.82, 2.24) is 4.98 Å². The van der Waals surface area contributed by atoms with E-state index >= 15 is 0 Å². The lowest BCUT2D eigenvalue weighted by atomic mass is 9.93. The Kier molecular flexibility index (Phi) is 4.50. The van der Waals surface area contributed by atoms with E-state index in [1.54, 1.807) is 0 Å². The van der Waals surface area contributed by atoms with Crippen molar-refractivity contribution in [3.05, 3.63) is 23.1 Å². The van der Waals surface area contributed by atoms with Gasteiger partial charge in [0.25, 0.3) is 0 Å². The van der Waals surface area contributed by atoms with Crippen LogP contribution in [0.1, 0.15) is 26.7 Å². The Bertz CT molecular complexity index is 345. The quantitative estimate of drug-likeness (QED) is 0.839. The number of aromatic nitrogens is 1. The number of pyridine rings is 1. The summed E-state index contributed by atoms with van der Waals surface area (Å²) in [5.74, 6) is -0.245. The van der Waals surface area contributed by atoms with Gasteiger partial charge in [0.1, 0.15) is 0 Å². The van der Waals surface area contributed by atoms with Crippen LogP contribution in [0.3, 0.4) is 0 Å². The predicted octanol–water partition coefficient (Wildman–Crippen LogP) is 2.80. The van der Waals surface area contributed by atoms with Gasteiger partial charge in [-0.2, -0.15) is 0 Å². The van der Waals surface area contributed by atoms with E-state index in [-0.39, 0.29) is 16.4 Å². The molecule has 0 bridgehead atoms. The lowest BCUT2D eigenvalue weighted by Crippen LogP contribution is -2.44. The number of halogens is 2. The zero-order valence-corrected chi connectivity index (χ0v) is 10.3. The van der Waals surface area contributed by atoms with Crippen molar-refractivity contribution in [1.29, 1.82) is 0 Å². The van der Waals surface area contributed by atoms with Gasteiger partial charge in [0.2, 0.25) is 0 Å². The Balaban J connectivity index is 2.93. The van der Waals surface area contributed by atoms with Crippen LogP contribution in [0.15, 0.2) is 12.3 Å². The summed E-state index contributed by atoms with van der Waals surface area (Å²) in [6.45, 7) is 4.46. The molecule has 0 spiro atoms. The molecule has 0 unspecified atom stereocenters.